The van der Waals surface area contributed by atoms with Gasteiger partial charge < -0.3 is 24.8 Å². The third-order valence-electron chi connectivity index (χ3n) is 6.51. The molecule has 0 spiro atoms. The van der Waals surface area contributed by atoms with Crippen LogP contribution in [-0.2, 0) is 14.1 Å². The lowest BCUT2D eigenvalue weighted by Crippen LogP contribution is -2.53. The van der Waals surface area contributed by atoms with Crippen LogP contribution in [0.2, 0.25) is 0 Å². The predicted molar refractivity (Wildman–Crippen MR) is 126 cm³/mol. The predicted octanol–water partition coefficient (Wildman–Crippen LogP) is 3.30. The molecule has 8 heteroatoms. The van der Waals surface area contributed by atoms with E-state index in [1.54, 1.807) is 17.0 Å². The first-order valence-electron chi connectivity index (χ1n) is 11.1. The standard InChI is InChI=1S/C24H30BN3O4/c1-23(2)24(3,4)32-25(31-23)17-12-14-19(15-13-17)28-16-8-11-20(21(28)29)27-22(30)26-18-9-6-5-7-10-18/h5-7,9-10,12-15,20H,8,11,16H2,1-4H3,(H2,26,27,30). The van der Waals surface area contributed by atoms with Crippen LogP contribution >= 0.6 is 0 Å². The summed E-state index contributed by atoms with van der Waals surface area (Å²) in [5.74, 6) is -0.108. The van der Waals surface area contributed by atoms with Gasteiger partial charge in [0.15, 0.2) is 0 Å². The molecule has 2 fully saturated rings. The molecule has 2 aromatic rings. The highest BCUT2D eigenvalue weighted by molar-refractivity contribution is 6.62. The average molecular weight is 435 g/mol. The Morgan fingerprint density at radius 2 is 1.62 bits per heavy atom. The third kappa shape index (κ3) is 4.52. The Morgan fingerprint density at radius 3 is 2.25 bits per heavy atom. The molecule has 168 valence electrons. The fourth-order valence-electron chi connectivity index (χ4n) is 3.90. The first-order valence-corrected chi connectivity index (χ1v) is 11.1. The fraction of sp³-hybridized carbons (Fsp3) is 0.417. The van der Waals surface area contributed by atoms with E-state index in [0.29, 0.717) is 18.7 Å². The molecule has 0 saturated carbocycles. The van der Waals surface area contributed by atoms with Gasteiger partial charge in [0, 0.05) is 17.9 Å². The summed E-state index contributed by atoms with van der Waals surface area (Å²) in [7, 11) is -0.442. The third-order valence-corrected chi connectivity index (χ3v) is 6.51. The number of para-hydroxylation sites is 1. The molecule has 2 heterocycles. The second-order valence-corrected chi connectivity index (χ2v) is 9.33. The summed E-state index contributed by atoms with van der Waals surface area (Å²) < 4.78 is 12.2. The molecule has 7 nitrogen and oxygen atoms in total. The van der Waals surface area contributed by atoms with Gasteiger partial charge in [0.05, 0.1) is 11.2 Å². The highest BCUT2D eigenvalue weighted by Gasteiger charge is 2.51. The zero-order valence-corrected chi connectivity index (χ0v) is 19.1. The van der Waals surface area contributed by atoms with E-state index in [-0.39, 0.29) is 11.9 Å². The summed E-state index contributed by atoms with van der Waals surface area (Å²) in [4.78, 5) is 27.1. The summed E-state index contributed by atoms with van der Waals surface area (Å²) >= 11 is 0. The van der Waals surface area contributed by atoms with Crippen LogP contribution in [0.15, 0.2) is 54.6 Å². The van der Waals surface area contributed by atoms with Crippen molar-refractivity contribution in [1.29, 1.82) is 0 Å². The summed E-state index contributed by atoms with van der Waals surface area (Å²) in [5, 5.41) is 5.58. The molecule has 2 aliphatic rings. The van der Waals surface area contributed by atoms with Gasteiger partial charge >= 0.3 is 13.1 Å². The molecular weight excluding hydrogens is 405 g/mol. The number of nitrogens with one attached hydrogen (secondary N) is 2. The van der Waals surface area contributed by atoms with Crippen molar-refractivity contribution in [3.63, 3.8) is 0 Å². The van der Waals surface area contributed by atoms with Crippen molar-refractivity contribution in [2.45, 2.75) is 57.8 Å². The Morgan fingerprint density at radius 1 is 1.00 bits per heavy atom. The molecule has 0 bridgehead atoms. The Labute approximate surface area is 189 Å². The van der Waals surface area contributed by atoms with Gasteiger partial charge in [0.25, 0.3) is 0 Å². The van der Waals surface area contributed by atoms with E-state index in [9.17, 15) is 9.59 Å². The van der Waals surface area contributed by atoms with Crippen molar-refractivity contribution in [2.75, 3.05) is 16.8 Å². The van der Waals surface area contributed by atoms with E-state index in [1.165, 1.54) is 0 Å². The number of anilines is 2. The molecule has 1 unspecified atom stereocenters. The van der Waals surface area contributed by atoms with Crippen molar-refractivity contribution in [2.24, 2.45) is 0 Å². The number of carbonyl (C=O) groups excluding carboxylic acids is 2. The van der Waals surface area contributed by atoms with E-state index in [0.717, 1.165) is 17.6 Å². The van der Waals surface area contributed by atoms with Gasteiger partial charge in [-0.3, -0.25) is 4.79 Å². The molecule has 0 aromatic heterocycles. The largest absolute Gasteiger partial charge is 0.494 e. The molecule has 32 heavy (non-hydrogen) atoms. The molecule has 2 aromatic carbocycles. The minimum atomic E-state index is -0.560. The Kier molecular flexibility index (Phi) is 6.01. The fourth-order valence-corrected chi connectivity index (χ4v) is 3.90. The van der Waals surface area contributed by atoms with Gasteiger partial charge in [0.2, 0.25) is 5.91 Å². The number of urea groups is 1. The topological polar surface area (TPSA) is 79.9 Å². The van der Waals surface area contributed by atoms with Crippen molar-refractivity contribution in [1.82, 2.24) is 5.32 Å². The van der Waals surface area contributed by atoms with Crippen LogP contribution in [0, 0.1) is 0 Å². The van der Waals surface area contributed by atoms with E-state index in [4.69, 9.17) is 9.31 Å². The van der Waals surface area contributed by atoms with Crippen molar-refractivity contribution in [3.05, 3.63) is 54.6 Å². The first kappa shape index (κ1) is 22.4. The first-order chi connectivity index (χ1) is 15.2. The lowest BCUT2D eigenvalue weighted by Gasteiger charge is -2.32. The van der Waals surface area contributed by atoms with Crippen LogP contribution in [0.1, 0.15) is 40.5 Å². The number of benzene rings is 2. The molecule has 4 rings (SSSR count). The molecule has 1 atom stereocenters. The quantitative estimate of drug-likeness (QED) is 0.723. The second-order valence-electron chi connectivity index (χ2n) is 9.33. The number of carbonyl (C=O) groups is 2. The maximum Gasteiger partial charge on any atom is 0.494 e. The normalized spacial score (nSPS) is 22.0. The van der Waals surface area contributed by atoms with Gasteiger partial charge in [-0.25, -0.2) is 4.79 Å². The van der Waals surface area contributed by atoms with Crippen LogP contribution < -0.4 is 21.0 Å². The molecule has 2 aliphatic heterocycles. The summed E-state index contributed by atoms with van der Waals surface area (Å²) in [6.07, 6.45) is 1.42. The zero-order chi connectivity index (χ0) is 22.9. The molecule has 0 radical (unpaired) electrons. The molecule has 3 amide bonds. The van der Waals surface area contributed by atoms with E-state index in [1.807, 2.05) is 70.2 Å². The van der Waals surface area contributed by atoms with Crippen LogP contribution in [0.5, 0.6) is 0 Å². The lowest BCUT2D eigenvalue weighted by atomic mass is 9.79. The van der Waals surface area contributed by atoms with Gasteiger partial charge in [-0.15, -0.1) is 0 Å². The molecular formula is C24H30BN3O4. The van der Waals surface area contributed by atoms with Crippen molar-refractivity contribution < 1.29 is 18.9 Å². The number of nitrogens with zero attached hydrogens (tertiary/aromatic N) is 1. The number of rotatable bonds is 4. The summed E-state index contributed by atoms with van der Waals surface area (Å²) in [6.45, 7) is 8.71. The maximum atomic E-state index is 13.1. The van der Waals surface area contributed by atoms with Crippen LogP contribution in [0.25, 0.3) is 0 Å². The van der Waals surface area contributed by atoms with Crippen LogP contribution in [0.3, 0.4) is 0 Å². The smallest absolute Gasteiger partial charge is 0.399 e. The monoisotopic (exact) mass is 435 g/mol. The van der Waals surface area contributed by atoms with Gasteiger partial charge in [-0.1, -0.05) is 30.3 Å². The number of piperidine rings is 1. The lowest BCUT2D eigenvalue weighted by molar-refractivity contribution is -0.121. The zero-order valence-electron chi connectivity index (χ0n) is 19.1. The minimum absolute atomic E-state index is 0.108. The molecule has 2 N–H and O–H groups in total. The van der Waals surface area contributed by atoms with Crippen molar-refractivity contribution >= 4 is 35.9 Å². The van der Waals surface area contributed by atoms with Gasteiger partial charge in [-0.2, -0.15) is 0 Å². The van der Waals surface area contributed by atoms with E-state index in [2.05, 4.69) is 10.6 Å². The Bertz CT molecular complexity index is 962. The SMILES string of the molecule is CC1(C)OB(c2ccc(N3CCCC(NC(=O)Nc4ccccc4)C3=O)cc2)OC1(C)C. The number of hydrogen-bond acceptors (Lipinski definition) is 4. The molecule has 2 saturated heterocycles. The average Bonchev–Trinajstić information content (AvgIpc) is 2.97. The minimum Gasteiger partial charge on any atom is -0.399 e. The highest BCUT2D eigenvalue weighted by Crippen LogP contribution is 2.36. The van der Waals surface area contributed by atoms with E-state index < -0.39 is 24.4 Å². The Balaban J connectivity index is 1.40. The van der Waals surface area contributed by atoms with Crippen LogP contribution in [0.4, 0.5) is 16.2 Å². The van der Waals surface area contributed by atoms with Gasteiger partial charge in [-0.05, 0) is 70.3 Å². The number of hydrogen-bond donors (Lipinski definition) is 2. The molecule has 0 aliphatic carbocycles. The van der Waals surface area contributed by atoms with Crippen molar-refractivity contribution in [3.8, 4) is 0 Å². The highest BCUT2D eigenvalue weighted by atomic mass is 16.7. The Hall–Kier alpha value is -2.84. The van der Waals surface area contributed by atoms with Gasteiger partial charge in [0.1, 0.15) is 6.04 Å². The second kappa shape index (κ2) is 8.60. The summed E-state index contributed by atoms with van der Waals surface area (Å²) in [6, 6.07) is 15.9. The summed E-state index contributed by atoms with van der Waals surface area (Å²) in [5.41, 5.74) is 1.58. The van der Waals surface area contributed by atoms with E-state index >= 15 is 0 Å². The maximum absolute atomic E-state index is 13.1. The number of amides is 3. The van der Waals surface area contributed by atoms with Crippen LogP contribution in [-0.4, -0.2) is 42.8 Å².